The number of carbonyl (C=O) groups is 2. The molecule has 0 fully saturated rings. The molecule has 4 aromatic rings. The van der Waals surface area contributed by atoms with E-state index in [4.69, 9.17) is 4.74 Å². The minimum atomic E-state index is -0.659. The zero-order chi connectivity index (χ0) is 22.5. The number of hydrogen-bond acceptors (Lipinski definition) is 5. The van der Waals surface area contributed by atoms with Crippen LogP contribution in [-0.4, -0.2) is 21.5 Å². The number of fused-ring (bicyclic) bond motifs is 1. The van der Waals surface area contributed by atoms with Crippen molar-refractivity contribution in [3.63, 3.8) is 0 Å². The molecule has 0 spiro atoms. The molecule has 0 aliphatic rings. The van der Waals surface area contributed by atoms with Gasteiger partial charge >= 0.3 is 5.97 Å². The van der Waals surface area contributed by atoms with E-state index in [9.17, 15) is 14.4 Å². The highest BCUT2D eigenvalue weighted by atomic mass is 16.5. The van der Waals surface area contributed by atoms with Crippen LogP contribution < -0.4 is 10.3 Å². The molecule has 0 saturated carbocycles. The Morgan fingerprint density at radius 1 is 0.844 bits per heavy atom. The first kappa shape index (κ1) is 21.2. The van der Waals surface area contributed by atoms with E-state index >= 15 is 0 Å². The molecule has 3 aromatic carbocycles. The van der Waals surface area contributed by atoms with Crippen LogP contribution in [0.5, 0.6) is 5.75 Å². The number of ether oxygens (including phenoxy) is 1. The van der Waals surface area contributed by atoms with Crippen LogP contribution >= 0.6 is 0 Å². The Hall–Kier alpha value is -4.06. The van der Waals surface area contributed by atoms with Gasteiger partial charge in [0.05, 0.1) is 5.39 Å². The summed E-state index contributed by atoms with van der Waals surface area (Å²) in [6, 6.07) is 22.2. The van der Waals surface area contributed by atoms with E-state index in [2.05, 4.69) is 5.10 Å². The molecule has 1 aromatic heterocycles. The molecule has 0 unspecified atom stereocenters. The van der Waals surface area contributed by atoms with Crippen LogP contribution in [-0.2, 0) is 6.54 Å². The van der Waals surface area contributed by atoms with Gasteiger partial charge in [-0.1, -0.05) is 61.9 Å². The quantitative estimate of drug-likeness (QED) is 0.244. The molecule has 0 aliphatic heterocycles. The second-order valence-corrected chi connectivity index (χ2v) is 7.39. The van der Waals surface area contributed by atoms with Gasteiger partial charge in [-0.3, -0.25) is 9.59 Å². The first-order valence-electron chi connectivity index (χ1n) is 10.5. The Bertz CT molecular complexity index is 1330. The molecule has 32 heavy (non-hydrogen) atoms. The van der Waals surface area contributed by atoms with Crippen molar-refractivity contribution in [3.8, 4) is 5.75 Å². The molecule has 1 heterocycles. The zero-order valence-corrected chi connectivity index (χ0v) is 17.7. The van der Waals surface area contributed by atoms with Gasteiger partial charge in [-0.25, -0.2) is 9.48 Å². The molecular formula is C26H22N2O4. The van der Waals surface area contributed by atoms with Gasteiger partial charge in [-0.05, 0) is 36.8 Å². The Balaban J connectivity index is 1.61. The van der Waals surface area contributed by atoms with Gasteiger partial charge in [-0.15, -0.1) is 0 Å². The Labute approximate surface area is 185 Å². The van der Waals surface area contributed by atoms with E-state index in [0.29, 0.717) is 28.4 Å². The lowest BCUT2D eigenvalue weighted by molar-refractivity contribution is 0.0728. The summed E-state index contributed by atoms with van der Waals surface area (Å²) in [6.45, 7) is 2.45. The lowest BCUT2D eigenvalue weighted by Crippen LogP contribution is -2.27. The first-order valence-corrected chi connectivity index (χ1v) is 10.5. The smallest absolute Gasteiger partial charge is 0.364 e. The Morgan fingerprint density at radius 2 is 1.47 bits per heavy atom. The third-order valence-electron chi connectivity index (χ3n) is 5.15. The molecule has 0 radical (unpaired) electrons. The molecule has 160 valence electrons. The van der Waals surface area contributed by atoms with Gasteiger partial charge in [0.15, 0.2) is 11.5 Å². The summed E-state index contributed by atoms with van der Waals surface area (Å²) in [7, 11) is 0. The summed E-state index contributed by atoms with van der Waals surface area (Å²) in [5, 5.41) is 5.17. The highest BCUT2D eigenvalue weighted by Gasteiger charge is 2.19. The molecule has 0 atom stereocenters. The number of esters is 1. The van der Waals surface area contributed by atoms with Crippen LogP contribution in [0.4, 0.5) is 0 Å². The zero-order valence-electron chi connectivity index (χ0n) is 17.7. The Kier molecular flexibility index (Phi) is 6.22. The highest BCUT2D eigenvalue weighted by Crippen LogP contribution is 2.19. The van der Waals surface area contributed by atoms with Crippen LogP contribution in [0, 0.1) is 0 Å². The first-order chi connectivity index (χ1) is 15.6. The predicted octanol–water partition coefficient (Wildman–Crippen LogP) is 4.65. The molecule has 0 aliphatic carbocycles. The van der Waals surface area contributed by atoms with Crippen LogP contribution in [0.15, 0.2) is 83.7 Å². The van der Waals surface area contributed by atoms with Gasteiger partial charge in [0.25, 0.3) is 5.56 Å². The predicted molar refractivity (Wildman–Crippen MR) is 122 cm³/mol. The van der Waals surface area contributed by atoms with Crippen molar-refractivity contribution in [2.45, 2.75) is 26.3 Å². The minimum absolute atomic E-state index is 0.0840. The van der Waals surface area contributed by atoms with Crippen molar-refractivity contribution in [1.29, 1.82) is 0 Å². The lowest BCUT2D eigenvalue weighted by atomic mass is 10.0. The topological polar surface area (TPSA) is 78.3 Å². The van der Waals surface area contributed by atoms with Crippen molar-refractivity contribution in [2.75, 3.05) is 0 Å². The van der Waals surface area contributed by atoms with Crippen molar-refractivity contribution in [2.24, 2.45) is 0 Å². The lowest BCUT2D eigenvalue weighted by Gasteiger charge is -2.11. The normalized spacial score (nSPS) is 10.8. The van der Waals surface area contributed by atoms with E-state index in [-0.39, 0.29) is 22.8 Å². The number of aromatic nitrogens is 2. The second-order valence-electron chi connectivity index (χ2n) is 7.39. The number of nitrogens with zero attached hydrogens (tertiary/aromatic N) is 2. The van der Waals surface area contributed by atoms with Crippen LogP contribution in [0.2, 0.25) is 0 Å². The maximum Gasteiger partial charge on any atom is 0.364 e. The fourth-order valence-electron chi connectivity index (χ4n) is 3.43. The maximum atomic E-state index is 12.9. The van der Waals surface area contributed by atoms with Crippen LogP contribution in [0.25, 0.3) is 10.8 Å². The number of rotatable bonds is 7. The third kappa shape index (κ3) is 4.34. The van der Waals surface area contributed by atoms with Gasteiger partial charge in [0, 0.05) is 23.1 Å². The van der Waals surface area contributed by atoms with E-state index in [1.54, 1.807) is 72.8 Å². The van der Waals surface area contributed by atoms with Crippen molar-refractivity contribution >= 4 is 22.5 Å². The molecule has 0 bridgehead atoms. The molecule has 4 rings (SSSR count). The fraction of sp³-hybridized carbons (Fsp3) is 0.154. The summed E-state index contributed by atoms with van der Waals surface area (Å²) in [6.07, 6.45) is 1.67. The molecule has 6 nitrogen and oxygen atoms in total. The van der Waals surface area contributed by atoms with Crippen molar-refractivity contribution < 1.29 is 14.3 Å². The number of carbonyl (C=O) groups excluding carboxylic acids is 2. The number of benzene rings is 3. The average molecular weight is 426 g/mol. The van der Waals surface area contributed by atoms with E-state index in [1.807, 2.05) is 13.0 Å². The van der Waals surface area contributed by atoms with Crippen LogP contribution in [0.1, 0.15) is 46.2 Å². The summed E-state index contributed by atoms with van der Waals surface area (Å²) < 4.78 is 6.84. The molecule has 6 heteroatoms. The SMILES string of the molecule is CCCCn1nc(C(=O)Oc2ccc(C(=O)c3ccccc3)cc2)c2ccccc2c1=O. The summed E-state index contributed by atoms with van der Waals surface area (Å²) in [5.74, 6) is -0.482. The number of aryl methyl sites for hydroxylation is 1. The second kappa shape index (κ2) is 9.39. The highest BCUT2D eigenvalue weighted by molar-refractivity contribution is 6.09. The minimum Gasteiger partial charge on any atom is -0.422 e. The number of ketones is 1. The van der Waals surface area contributed by atoms with E-state index in [1.165, 1.54) is 4.68 Å². The van der Waals surface area contributed by atoms with Crippen molar-refractivity contribution in [3.05, 3.63) is 106 Å². The maximum absolute atomic E-state index is 12.9. The van der Waals surface area contributed by atoms with E-state index in [0.717, 1.165) is 12.8 Å². The summed E-state index contributed by atoms with van der Waals surface area (Å²) in [4.78, 5) is 38.2. The molecule has 0 saturated heterocycles. The van der Waals surface area contributed by atoms with Crippen LogP contribution in [0.3, 0.4) is 0 Å². The van der Waals surface area contributed by atoms with Crippen molar-refractivity contribution in [1.82, 2.24) is 9.78 Å². The van der Waals surface area contributed by atoms with Gasteiger partial charge < -0.3 is 4.74 Å². The summed E-state index contributed by atoms with van der Waals surface area (Å²) >= 11 is 0. The molecular weight excluding hydrogens is 404 g/mol. The fourth-order valence-corrected chi connectivity index (χ4v) is 3.43. The van der Waals surface area contributed by atoms with Gasteiger partial charge in [0.2, 0.25) is 0 Å². The summed E-state index contributed by atoms with van der Waals surface area (Å²) in [5.41, 5.74) is 0.935. The largest absolute Gasteiger partial charge is 0.422 e. The molecule has 0 amide bonds. The average Bonchev–Trinajstić information content (AvgIpc) is 2.84. The van der Waals surface area contributed by atoms with Gasteiger partial charge in [0.1, 0.15) is 5.75 Å². The standard InChI is InChI=1S/C26H22N2O4/c1-2-3-17-28-25(30)22-12-8-7-11-21(22)23(27-28)26(31)32-20-15-13-19(14-16-20)24(29)18-9-5-4-6-10-18/h4-16H,2-3,17H2,1H3. The third-order valence-corrected chi connectivity index (χ3v) is 5.15. The Morgan fingerprint density at radius 3 is 2.16 bits per heavy atom. The van der Waals surface area contributed by atoms with E-state index < -0.39 is 5.97 Å². The monoisotopic (exact) mass is 426 g/mol. The number of hydrogen-bond donors (Lipinski definition) is 0. The number of unbranched alkanes of at least 4 members (excludes halogenated alkanes) is 1. The van der Waals surface area contributed by atoms with Gasteiger partial charge in [-0.2, -0.15) is 5.10 Å². The molecule has 0 N–H and O–H groups in total.